The zero-order chi connectivity index (χ0) is 13.7. The Balaban J connectivity index is 0.00000200. The van der Waals surface area contributed by atoms with Crippen LogP contribution in [0.2, 0.25) is 0 Å². The Morgan fingerprint density at radius 3 is 2.40 bits per heavy atom. The van der Waals surface area contributed by atoms with Crippen molar-refractivity contribution in [2.75, 3.05) is 19.7 Å². The van der Waals surface area contributed by atoms with Crippen molar-refractivity contribution in [3.8, 4) is 0 Å². The third kappa shape index (κ3) is 4.63. The van der Waals surface area contributed by atoms with Gasteiger partial charge >= 0.3 is 5.97 Å². The number of hydrogen-bond donors (Lipinski definition) is 2. The highest BCUT2D eigenvalue weighted by Gasteiger charge is 2.30. The van der Waals surface area contributed by atoms with Crippen molar-refractivity contribution in [1.29, 1.82) is 0 Å². The number of ether oxygens (including phenoxy) is 1. The van der Waals surface area contributed by atoms with Crippen LogP contribution < -0.4 is 10.6 Å². The maximum atomic E-state index is 12.0. The number of carbonyl (C=O) groups excluding carboxylic acids is 2. The number of carbonyl (C=O) groups is 2. The molecule has 2 aliphatic rings. The molecule has 1 saturated heterocycles. The van der Waals surface area contributed by atoms with Gasteiger partial charge in [-0.2, -0.15) is 0 Å². The van der Waals surface area contributed by atoms with E-state index in [0.717, 1.165) is 45.2 Å². The molecule has 1 heterocycles. The van der Waals surface area contributed by atoms with Gasteiger partial charge in [0.1, 0.15) is 0 Å². The summed E-state index contributed by atoms with van der Waals surface area (Å²) in [6.07, 6.45) is 4.36. The predicted octanol–water partition coefficient (Wildman–Crippen LogP) is 1.26. The first kappa shape index (κ1) is 17.2. The standard InChI is InChI=1S/C14H24N2O3.ClH/c1-2-19-14(18)10-3-5-12(6-4-10)16-13(17)11-7-8-15-9-11;/h10-12,15H,2-9H2,1H3,(H,16,17);1H. The number of nitrogens with one attached hydrogen (secondary N) is 2. The first-order valence-electron chi connectivity index (χ1n) is 7.38. The van der Waals surface area contributed by atoms with Crippen molar-refractivity contribution >= 4 is 24.3 Å². The van der Waals surface area contributed by atoms with Gasteiger partial charge in [0.05, 0.1) is 18.4 Å². The van der Waals surface area contributed by atoms with Gasteiger partial charge in [0.25, 0.3) is 0 Å². The highest BCUT2D eigenvalue weighted by atomic mass is 35.5. The van der Waals surface area contributed by atoms with E-state index in [-0.39, 0.29) is 42.2 Å². The van der Waals surface area contributed by atoms with Gasteiger partial charge in [0.2, 0.25) is 5.91 Å². The van der Waals surface area contributed by atoms with E-state index in [9.17, 15) is 9.59 Å². The molecule has 2 N–H and O–H groups in total. The van der Waals surface area contributed by atoms with Crippen LogP contribution in [-0.4, -0.2) is 37.6 Å². The fourth-order valence-electron chi connectivity index (χ4n) is 2.93. The van der Waals surface area contributed by atoms with Crippen LogP contribution in [0.3, 0.4) is 0 Å². The van der Waals surface area contributed by atoms with Crippen molar-refractivity contribution in [3.63, 3.8) is 0 Å². The first-order chi connectivity index (χ1) is 9.20. The maximum Gasteiger partial charge on any atom is 0.308 e. The molecule has 20 heavy (non-hydrogen) atoms. The summed E-state index contributed by atoms with van der Waals surface area (Å²) in [5.41, 5.74) is 0. The van der Waals surface area contributed by atoms with Crippen LogP contribution in [0.25, 0.3) is 0 Å². The fraction of sp³-hybridized carbons (Fsp3) is 0.857. The molecule has 0 radical (unpaired) electrons. The first-order valence-corrected chi connectivity index (χ1v) is 7.38. The molecule has 1 saturated carbocycles. The molecule has 1 atom stereocenters. The van der Waals surface area contributed by atoms with Gasteiger partial charge in [-0.3, -0.25) is 9.59 Å². The molecule has 2 rings (SSSR count). The molecule has 2 fully saturated rings. The van der Waals surface area contributed by atoms with Crippen LogP contribution in [-0.2, 0) is 14.3 Å². The molecular weight excluding hydrogens is 280 g/mol. The third-order valence-corrected chi connectivity index (χ3v) is 4.12. The highest BCUT2D eigenvalue weighted by Crippen LogP contribution is 2.25. The molecule has 1 unspecified atom stereocenters. The van der Waals surface area contributed by atoms with Gasteiger partial charge < -0.3 is 15.4 Å². The largest absolute Gasteiger partial charge is 0.466 e. The molecule has 0 aromatic rings. The number of rotatable bonds is 4. The van der Waals surface area contributed by atoms with E-state index in [0.29, 0.717) is 6.61 Å². The molecule has 1 aliphatic carbocycles. The second-order valence-corrected chi connectivity index (χ2v) is 5.50. The number of esters is 1. The SMILES string of the molecule is CCOC(=O)C1CCC(NC(=O)C2CCNC2)CC1.Cl. The van der Waals surface area contributed by atoms with Gasteiger partial charge in [-0.15, -0.1) is 12.4 Å². The molecule has 0 spiro atoms. The predicted molar refractivity (Wildman–Crippen MR) is 78.7 cm³/mol. The number of hydrogen-bond acceptors (Lipinski definition) is 4. The van der Waals surface area contributed by atoms with Crippen LogP contribution in [0, 0.1) is 11.8 Å². The summed E-state index contributed by atoms with van der Waals surface area (Å²) < 4.78 is 5.04. The van der Waals surface area contributed by atoms with E-state index in [2.05, 4.69) is 10.6 Å². The lowest BCUT2D eigenvalue weighted by Gasteiger charge is -2.28. The maximum absolute atomic E-state index is 12.0. The van der Waals surface area contributed by atoms with Crippen molar-refractivity contribution < 1.29 is 14.3 Å². The minimum absolute atomic E-state index is 0. The number of amides is 1. The molecule has 5 nitrogen and oxygen atoms in total. The molecule has 6 heteroatoms. The van der Waals surface area contributed by atoms with E-state index in [1.807, 2.05) is 6.92 Å². The smallest absolute Gasteiger partial charge is 0.308 e. The lowest BCUT2D eigenvalue weighted by molar-refractivity contribution is -0.149. The molecular formula is C14H25ClN2O3. The summed E-state index contributed by atoms with van der Waals surface area (Å²) in [5, 5.41) is 6.33. The average Bonchev–Trinajstić information content (AvgIpc) is 2.94. The van der Waals surface area contributed by atoms with Gasteiger partial charge in [-0.1, -0.05) is 0 Å². The minimum atomic E-state index is -0.0766. The third-order valence-electron chi connectivity index (χ3n) is 4.12. The molecule has 116 valence electrons. The van der Waals surface area contributed by atoms with Crippen molar-refractivity contribution in [1.82, 2.24) is 10.6 Å². The minimum Gasteiger partial charge on any atom is -0.466 e. The van der Waals surface area contributed by atoms with Crippen LogP contribution in [0.15, 0.2) is 0 Å². The van der Waals surface area contributed by atoms with Gasteiger partial charge in [-0.25, -0.2) is 0 Å². The molecule has 1 aliphatic heterocycles. The zero-order valence-corrected chi connectivity index (χ0v) is 12.8. The van der Waals surface area contributed by atoms with Gasteiger partial charge in [0.15, 0.2) is 0 Å². The molecule has 0 bridgehead atoms. The van der Waals surface area contributed by atoms with E-state index in [1.165, 1.54) is 0 Å². The monoisotopic (exact) mass is 304 g/mol. The van der Waals surface area contributed by atoms with Gasteiger partial charge in [0, 0.05) is 12.6 Å². The molecule has 0 aromatic carbocycles. The van der Waals surface area contributed by atoms with Crippen LogP contribution in [0.1, 0.15) is 39.0 Å². The summed E-state index contributed by atoms with van der Waals surface area (Å²) in [6.45, 7) is 4.02. The van der Waals surface area contributed by atoms with Crippen molar-refractivity contribution in [2.24, 2.45) is 11.8 Å². The zero-order valence-electron chi connectivity index (χ0n) is 12.0. The second kappa shape index (κ2) is 8.47. The average molecular weight is 305 g/mol. The molecule has 1 amide bonds. The Kier molecular flexibility index (Phi) is 7.30. The fourth-order valence-corrected chi connectivity index (χ4v) is 2.93. The summed E-state index contributed by atoms with van der Waals surface area (Å²) in [7, 11) is 0. The highest BCUT2D eigenvalue weighted by molar-refractivity contribution is 5.85. The summed E-state index contributed by atoms with van der Waals surface area (Å²) >= 11 is 0. The van der Waals surface area contributed by atoms with E-state index >= 15 is 0 Å². The van der Waals surface area contributed by atoms with E-state index < -0.39 is 0 Å². The summed E-state index contributed by atoms with van der Waals surface area (Å²) in [6, 6.07) is 0.235. The Hall–Kier alpha value is -0.810. The lowest BCUT2D eigenvalue weighted by Crippen LogP contribution is -2.42. The Labute approximate surface area is 126 Å². The summed E-state index contributed by atoms with van der Waals surface area (Å²) in [5.74, 6) is 0.251. The lowest BCUT2D eigenvalue weighted by atomic mass is 9.86. The van der Waals surface area contributed by atoms with Crippen LogP contribution in [0.4, 0.5) is 0 Å². The topological polar surface area (TPSA) is 67.4 Å². The van der Waals surface area contributed by atoms with E-state index in [1.54, 1.807) is 0 Å². The van der Waals surface area contributed by atoms with Crippen molar-refractivity contribution in [2.45, 2.75) is 45.1 Å². The Morgan fingerprint density at radius 1 is 1.15 bits per heavy atom. The van der Waals surface area contributed by atoms with E-state index in [4.69, 9.17) is 4.74 Å². The molecule has 0 aromatic heterocycles. The Morgan fingerprint density at radius 2 is 1.85 bits per heavy atom. The van der Waals surface area contributed by atoms with Gasteiger partial charge in [-0.05, 0) is 45.6 Å². The van der Waals surface area contributed by atoms with Crippen molar-refractivity contribution in [3.05, 3.63) is 0 Å². The number of halogens is 1. The second-order valence-electron chi connectivity index (χ2n) is 5.50. The van der Waals surface area contributed by atoms with Crippen LogP contribution in [0.5, 0.6) is 0 Å². The van der Waals surface area contributed by atoms with Crippen LogP contribution >= 0.6 is 12.4 Å². The summed E-state index contributed by atoms with van der Waals surface area (Å²) in [4.78, 5) is 23.6. The Bertz CT molecular complexity index is 324. The quantitative estimate of drug-likeness (QED) is 0.767. The normalized spacial score (nSPS) is 29.4.